The Labute approximate surface area is 146 Å². The van der Waals surface area contributed by atoms with Gasteiger partial charge in [0.05, 0.1) is 18.4 Å². The van der Waals surface area contributed by atoms with Gasteiger partial charge < -0.3 is 14.6 Å². The zero-order valence-electron chi connectivity index (χ0n) is 14.6. The maximum absolute atomic E-state index is 12.4. The second kappa shape index (κ2) is 6.39. The van der Waals surface area contributed by atoms with E-state index in [2.05, 4.69) is 0 Å². The summed E-state index contributed by atoms with van der Waals surface area (Å²) in [6.07, 6.45) is 0.374. The molecular formula is C20H22O5. The molecule has 3 unspecified atom stereocenters. The predicted molar refractivity (Wildman–Crippen MR) is 93.8 cm³/mol. The van der Waals surface area contributed by atoms with Crippen LogP contribution in [0.25, 0.3) is 10.8 Å². The van der Waals surface area contributed by atoms with Crippen LogP contribution in [0.15, 0.2) is 36.4 Å². The summed E-state index contributed by atoms with van der Waals surface area (Å²) in [5, 5.41) is 11.1. The van der Waals surface area contributed by atoms with E-state index >= 15 is 0 Å². The average Bonchev–Trinajstić information content (AvgIpc) is 3.25. The van der Waals surface area contributed by atoms with Gasteiger partial charge in [-0.2, -0.15) is 0 Å². The summed E-state index contributed by atoms with van der Waals surface area (Å²) in [7, 11) is 0. The maximum atomic E-state index is 12.4. The number of aliphatic carboxylic acids is 1. The minimum absolute atomic E-state index is 0.374. The number of esters is 1. The van der Waals surface area contributed by atoms with E-state index in [0.29, 0.717) is 13.0 Å². The summed E-state index contributed by atoms with van der Waals surface area (Å²) in [5.74, 6) is -1.55. The van der Waals surface area contributed by atoms with E-state index in [1.807, 2.05) is 43.3 Å². The molecule has 2 aromatic carbocycles. The molecule has 1 aliphatic carbocycles. The van der Waals surface area contributed by atoms with Crippen molar-refractivity contribution in [3.05, 3.63) is 42.0 Å². The van der Waals surface area contributed by atoms with Gasteiger partial charge in [-0.05, 0) is 49.2 Å². The van der Waals surface area contributed by atoms with Crippen LogP contribution in [-0.4, -0.2) is 29.3 Å². The molecule has 1 fully saturated rings. The fraction of sp³-hybridized carbons (Fsp3) is 0.400. The van der Waals surface area contributed by atoms with Crippen LogP contribution in [0.4, 0.5) is 0 Å². The number of carbonyl (C=O) groups is 2. The highest BCUT2D eigenvalue weighted by Crippen LogP contribution is 2.47. The standard InChI is InChI=1S/C20H22O5/c1-4-24-16-8-7-14-9-13(5-6-15(14)10-16)12(2)19(23)25-20(3)11-17(20)18(21)22/h5-10,12,17H,4,11H2,1-3H3,(H,21,22). The van der Waals surface area contributed by atoms with E-state index < -0.39 is 29.4 Å². The summed E-state index contributed by atoms with van der Waals surface area (Å²) in [5.41, 5.74) is -0.0294. The van der Waals surface area contributed by atoms with Crippen molar-refractivity contribution in [2.24, 2.45) is 5.92 Å². The Hall–Kier alpha value is -2.56. The Morgan fingerprint density at radius 3 is 2.56 bits per heavy atom. The summed E-state index contributed by atoms with van der Waals surface area (Å²) < 4.78 is 11.0. The summed E-state index contributed by atoms with van der Waals surface area (Å²) >= 11 is 0. The molecule has 25 heavy (non-hydrogen) atoms. The number of fused-ring (bicyclic) bond motifs is 1. The van der Waals surface area contributed by atoms with Crippen molar-refractivity contribution in [3.8, 4) is 5.75 Å². The zero-order valence-corrected chi connectivity index (χ0v) is 14.6. The van der Waals surface area contributed by atoms with Crippen molar-refractivity contribution >= 4 is 22.7 Å². The van der Waals surface area contributed by atoms with Crippen LogP contribution < -0.4 is 4.74 Å². The lowest BCUT2D eigenvalue weighted by atomic mass is 9.97. The normalized spacial score (nSPS) is 23.1. The highest BCUT2D eigenvalue weighted by atomic mass is 16.6. The monoisotopic (exact) mass is 342 g/mol. The third-order valence-corrected chi connectivity index (χ3v) is 4.82. The lowest BCUT2D eigenvalue weighted by Gasteiger charge is -2.17. The molecule has 0 aromatic heterocycles. The SMILES string of the molecule is CCOc1ccc2cc(C(C)C(=O)OC3(C)CC3C(=O)O)ccc2c1. The third kappa shape index (κ3) is 3.45. The van der Waals surface area contributed by atoms with Gasteiger partial charge in [0, 0.05) is 6.42 Å². The minimum atomic E-state index is -0.918. The molecule has 1 N–H and O–H groups in total. The number of benzene rings is 2. The van der Waals surface area contributed by atoms with Crippen LogP contribution in [0.2, 0.25) is 0 Å². The first-order valence-corrected chi connectivity index (χ1v) is 8.46. The molecule has 0 spiro atoms. The molecule has 3 rings (SSSR count). The molecule has 2 aromatic rings. The van der Waals surface area contributed by atoms with Crippen molar-refractivity contribution in [1.29, 1.82) is 0 Å². The predicted octanol–water partition coefficient (Wildman–Crippen LogP) is 3.75. The van der Waals surface area contributed by atoms with Gasteiger partial charge in [0.1, 0.15) is 11.4 Å². The number of carboxylic acid groups (broad SMARTS) is 1. The number of hydrogen-bond donors (Lipinski definition) is 1. The van der Waals surface area contributed by atoms with Crippen molar-refractivity contribution in [1.82, 2.24) is 0 Å². The lowest BCUT2D eigenvalue weighted by Crippen LogP contribution is -2.24. The number of rotatable bonds is 6. The van der Waals surface area contributed by atoms with E-state index in [4.69, 9.17) is 14.6 Å². The molecule has 0 saturated heterocycles. The van der Waals surface area contributed by atoms with Gasteiger partial charge in [-0.25, -0.2) is 0 Å². The third-order valence-electron chi connectivity index (χ3n) is 4.82. The van der Waals surface area contributed by atoms with Crippen LogP contribution in [0.5, 0.6) is 5.75 Å². The number of ether oxygens (including phenoxy) is 2. The Balaban J connectivity index is 1.75. The Morgan fingerprint density at radius 2 is 1.92 bits per heavy atom. The smallest absolute Gasteiger partial charge is 0.313 e. The van der Waals surface area contributed by atoms with Gasteiger partial charge >= 0.3 is 11.9 Å². The largest absolute Gasteiger partial charge is 0.494 e. The molecule has 0 bridgehead atoms. The molecule has 0 aliphatic heterocycles. The van der Waals surface area contributed by atoms with E-state index in [-0.39, 0.29) is 0 Å². The molecular weight excluding hydrogens is 320 g/mol. The Kier molecular flexibility index (Phi) is 4.41. The van der Waals surface area contributed by atoms with Gasteiger partial charge in [-0.15, -0.1) is 0 Å². The van der Waals surface area contributed by atoms with Gasteiger partial charge in [0.15, 0.2) is 0 Å². The molecule has 0 radical (unpaired) electrons. The van der Waals surface area contributed by atoms with Crippen LogP contribution >= 0.6 is 0 Å². The fourth-order valence-corrected chi connectivity index (χ4v) is 3.03. The van der Waals surface area contributed by atoms with Crippen LogP contribution in [0.1, 0.15) is 38.7 Å². The number of hydrogen-bond acceptors (Lipinski definition) is 4. The summed E-state index contributed by atoms with van der Waals surface area (Å²) in [4.78, 5) is 23.4. The molecule has 3 atom stereocenters. The Morgan fingerprint density at radius 1 is 1.24 bits per heavy atom. The van der Waals surface area contributed by atoms with E-state index in [1.54, 1.807) is 13.8 Å². The second-order valence-corrected chi connectivity index (χ2v) is 6.75. The average molecular weight is 342 g/mol. The number of carbonyl (C=O) groups excluding carboxylic acids is 1. The molecule has 0 heterocycles. The topological polar surface area (TPSA) is 72.8 Å². The lowest BCUT2D eigenvalue weighted by molar-refractivity contribution is -0.154. The van der Waals surface area contributed by atoms with Gasteiger partial charge in [0.25, 0.3) is 0 Å². The maximum Gasteiger partial charge on any atom is 0.313 e. The van der Waals surface area contributed by atoms with Gasteiger partial charge in [-0.1, -0.05) is 24.3 Å². The van der Waals surface area contributed by atoms with Gasteiger partial charge in [-0.3, -0.25) is 9.59 Å². The second-order valence-electron chi connectivity index (χ2n) is 6.75. The molecule has 5 nitrogen and oxygen atoms in total. The highest BCUT2D eigenvalue weighted by molar-refractivity contribution is 5.87. The fourth-order valence-electron chi connectivity index (χ4n) is 3.03. The van der Waals surface area contributed by atoms with Crippen molar-refractivity contribution in [2.75, 3.05) is 6.61 Å². The van der Waals surface area contributed by atoms with Crippen molar-refractivity contribution in [2.45, 2.75) is 38.7 Å². The molecule has 5 heteroatoms. The summed E-state index contributed by atoms with van der Waals surface area (Å²) in [6, 6.07) is 11.6. The van der Waals surface area contributed by atoms with Crippen molar-refractivity contribution < 1.29 is 24.2 Å². The first-order chi connectivity index (χ1) is 11.8. The minimum Gasteiger partial charge on any atom is -0.494 e. The van der Waals surface area contributed by atoms with Crippen LogP contribution in [0.3, 0.4) is 0 Å². The molecule has 132 valence electrons. The van der Waals surface area contributed by atoms with Gasteiger partial charge in [0.2, 0.25) is 0 Å². The van der Waals surface area contributed by atoms with Crippen LogP contribution in [0, 0.1) is 5.92 Å². The van der Waals surface area contributed by atoms with Crippen LogP contribution in [-0.2, 0) is 14.3 Å². The first-order valence-electron chi connectivity index (χ1n) is 8.46. The Bertz CT molecular complexity index is 828. The zero-order chi connectivity index (χ0) is 18.2. The summed E-state index contributed by atoms with van der Waals surface area (Å²) in [6.45, 7) is 6.00. The molecule has 1 aliphatic rings. The quantitative estimate of drug-likeness (QED) is 0.810. The van der Waals surface area contributed by atoms with E-state index in [0.717, 1.165) is 22.1 Å². The molecule has 1 saturated carbocycles. The highest BCUT2D eigenvalue weighted by Gasteiger charge is 2.59. The van der Waals surface area contributed by atoms with E-state index in [9.17, 15) is 9.59 Å². The first kappa shape index (κ1) is 17.3. The van der Waals surface area contributed by atoms with E-state index in [1.165, 1.54) is 0 Å². The molecule has 0 amide bonds. The van der Waals surface area contributed by atoms with Crippen molar-refractivity contribution in [3.63, 3.8) is 0 Å². The number of carboxylic acids is 1.